The molecular formula is C24H16ClN3O3S. The summed E-state index contributed by atoms with van der Waals surface area (Å²) in [5.41, 5.74) is 2.85. The van der Waals surface area contributed by atoms with Crippen LogP contribution in [0.25, 0.3) is 16.0 Å². The number of Topliss-reactive ketones (excluding diaryl/α,β-unsaturated/α-hetero) is 1. The number of pyridine rings is 1. The van der Waals surface area contributed by atoms with E-state index >= 15 is 0 Å². The topological polar surface area (TPSA) is 83.4 Å². The third-order valence-electron chi connectivity index (χ3n) is 5.32. The number of aliphatic hydroxyl groups excluding tert-OH is 1. The average molecular weight is 462 g/mol. The summed E-state index contributed by atoms with van der Waals surface area (Å²) < 4.78 is 0.910. The van der Waals surface area contributed by atoms with E-state index in [1.165, 1.54) is 16.2 Å². The van der Waals surface area contributed by atoms with E-state index in [-0.39, 0.29) is 11.3 Å². The fourth-order valence-electron chi connectivity index (χ4n) is 3.78. The highest BCUT2D eigenvalue weighted by molar-refractivity contribution is 7.22. The predicted octanol–water partition coefficient (Wildman–Crippen LogP) is 5.28. The first kappa shape index (κ1) is 20.4. The fourth-order valence-corrected chi connectivity index (χ4v) is 4.99. The van der Waals surface area contributed by atoms with Crippen molar-refractivity contribution in [3.63, 3.8) is 0 Å². The molecule has 1 fully saturated rings. The molecule has 3 heterocycles. The number of aromatic nitrogens is 2. The SMILES string of the molecule is Cc1ccc2nc(N3C(=O)C(=O)/C(=C(/O)c4ccc(Cl)cc4)C3c3ccncc3)sc2c1. The van der Waals surface area contributed by atoms with Crippen LogP contribution in [0.15, 0.2) is 72.6 Å². The van der Waals surface area contributed by atoms with E-state index in [9.17, 15) is 14.7 Å². The number of thiazole rings is 1. The van der Waals surface area contributed by atoms with Crippen LogP contribution in [0.2, 0.25) is 5.02 Å². The molecule has 5 rings (SSSR count). The van der Waals surface area contributed by atoms with Crippen LogP contribution in [-0.4, -0.2) is 26.8 Å². The van der Waals surface area contributed by atoms with E-state index in [1.807, 2.05) is 25.1 Å². The quantitative estimate of drug-likeness (QED) is 0.255. The van der Waals surface area contributed by atoms with Crippen molar-refractivity contribution in [1.82, 2.24) is 9.97 Å². The molecule has 2 aromatic heterocycles. The van der Waals surface area contributed by atoms with Gasteiger partial charge in [0.2, 0.25) is 0 Å². The molecular weight excluding hydrogens is 446 g/mol. The molecule has 158 valence electrons. The largest absolute Gasteiger partial charge is 0.507 e. The van der Waals surface area contributed by atoms with E-state index in [2.05, 4.69) is 9.97 Å². The molecule has 8 heteroatoms. The van der Waals surface area contributed by atoms with Crippen LogP contribution in [0.5, 0.6) is 0 Å². The Balaban J connectivity index is 1.72. The van der Waals surface area contributed by atoms with Crippen LogP contribution < -0.4 is 4.90 Å². The molecule has 6 nitrogen and oxygen atoms in total. The van der Waals surface area contributed by atoms with E-state index in [4.69, 9.17) is 11.6 Å². The van der Waals surface area contributed by atoms with E-state index < -0.39 is 17.7 Å². The number of rotatable bonds is 3. The number of ketones is 1. The van der Waals surface area contributed by atoms with Crippen molar-refractivity contribution < 1.29 is 14.7 Å². The van der Waals surface area contributed by atoms with Gasteiger partial charge in [0, 0.05) is 23.0 Å². The zero-order chi connectivity index (χ0) is 22.4. The summed E-state index contributed by atoms with van der Waals surface area (Å²) in [6.07, 6.45) is 3.17. The number of nitrogens with zero attached hydrogens (tertiary/aromatic N) is 3. The molecule has 1 aliphatic rings. The van der Waals surface area contributed by atoms with Crippen molar-refractivity contribution in [3.8, 4) is 0 Å². The lowest BCUT2D eigenvalue weighted by Crippen LogP contribution is -2.29. The fraction of sp³-hybridized carbons (Fsp3) is 0.0833. The zero-order valence-electron chi connectivity index (χ0n) is 16.8. The van der Waals surface area contributed by atoms with Gasteiger partial charge in [0.25, 0.3) is 5.78 Å². The molecule has 1 aliphatic heterocycles. The Morgan fingerprint density at radius 3 is 2.50 bits per heavy atom. The minimum Gasteiger partial charge on any atom is -0.507 e. The van der Waals surface area contributed by atoms with Gasteiger partial charge >= 0.3 is 5.91 Å². The standard InChI is InChI=1S/C24H16ClN3O3S/c1-13-2-7-17-18(12-13)32-24(27-17)28-20(14-8-10-26-11-9-14)19(22(30)23(28)31)21(29)15-3-5-16(25)6-4-15/h2-12,20,29H,1H3/b21-19+. The summed E-state index contributed by atoms with van der Waals surface area (Å²) in [5.74, 6) is -1.77. The lowest BCUT2D eigenvalue weighted by Gasteiger charge is -2.22. The van der Waals surface area contributed by atoms with Crippen molar-refractivity contribution in [1.29, 1.82) is 0 Å². The predicted molar refractivity (Wildman–Crippen MR) is 125 cm³/mol. The maximum absolute atomic E-state index is 13.2. The van der Waals surface area contributed by atoms with Crippen molar-refractivity contribution >= 4 is 55.7 Å². The number of carbonyl (C=O) groups is 2. The van der Waals surface area contributed by atoms with Crippen LogP contribution in [0.1, 0.15) is 22.7 Å². The Morgan fingerprint density at radius 1 is 1.06 bits per heavy atom. The van der Waals surface area contributed by atoms with E-state index in [1.54, 1.807) is 48.8 Å². The first-order valence-electron chi connectivity index (χ1n) is 9.78. The molecule has 4 aromatic rings. The number of aryl methyl sites for hydroxylation is 1. The van der Waals surface area contributed by atoms with Gasteiger partial charge in [-0.15, -0.1) is 0 Å². The molecule has 1 N–H and O–H groups in total. The number of fused-ring (bicyclic) bond motifs is 1. The maximum Gasteiger partial charge on any atom is 0.301 e. The second kappa shape index (κ2) is 7.85. The smallest absolute Gasteiger partial charge is 0.301 e. The molecule has 32 heavy (non-hydrogen) atoms. The van der Waals surface area contributed by atoms with Crippen LogP contribution in [0.3, 0.4) is 0 Å². The molecule has 2 aromatic carbocycles. The van der Waals surface area contributed by atoms with Gasteiger partial charge in [-0.3, -0.25) is 19.5 Å². The van der Waals surface area contributed by atoms with Crippen LogP contribution >= 0.6 is 22.9 Å². The summed E-state index contributed by atoms with van der Waals surface area (Å²) in [4.78, 5) is 36.4. The number of benzene rings is 2. The molecule has 1 saturated heterocycles. The number of halogens is 1. The van der Waals surface area contributed by atoms with Gasteiger partial charge < -0.3 is 5.11 Å². The molecule has 1 atom stereocenters. The number of hydrogen-bond acceptors (Lipinski definition) is 6. The Hall–Kier alpha value is -3.55. The van der Waals surface area contributed by atoms with Crippen molar-refractivity contribution in [2.24, 2.45) is 0 Å². The average Bonchev–Trinajstić information content (AvgIpc) is 3.32. The van der Waals surface area contributed by atoms with Gasteiger partial charge in [0.15, 0.2) is 5.13 Å². The van der Waals surface area contributed by atoms with Crippen molar-refractivity contribution in [3.05, 3.63) is 94.3 Å². The zero-order valence-corrected chi connectivity index (χ0v) is 18.4. The monoisotopic (exact) mass is 461 g/mol. The Kier molecular flexibility index (Phi) is 5.00. The molecule has 1 unspecified atom stereocenters. The summed E-state index contributed by atoms with van der Waals surface area (Å²) in [6, 6.07) is 14.9. The van der Waals surface area contributed by atoms with E-state index in [0.29, 0.717) is 21.3 Å². The van der Waals surface area contributed by atoms with Gasteiger partial charge in [-0.05, 0) is 66.6 Å². The molecule has 0 spiro atoms. The van der Waals surface area contributed by atoms with Gasteiger partial charge in [-0.2, -0.15) is 0 Å². The Morgan fingerprint density at radius 2 is 1.78 bits per heavy atom. The summed E-state index contributed by atoms with van der Waals surface area (Å²) in [5, 5.41) is 12.0. The van der Waals surface area contributed by atoms with Crippen LogP contribution in [0, 0.1) is 6.92 Å². The summed E-state index contributed by atoms with van der Waals surface area (Å²) in [6.45, 7) is 1.98. The second-order valence-corrected chi connectivity index (χ2v) is 8.87. The van der Waals surface area contributed by atoms with Gasteiger partial charge in [-0.25, -0.2) is 4.98 Å². The summed E-state index contributed by atoms with van der Waals surface area (Å²) >= 11 is 7.29. The molecule has 0 saturated carbocycles. The van der Waals surface area contributed by atoms with E-state index in [0.717, 1.165) is 15.8 Å². The third-order valence-corrected chi connectivity index (χ3v) is 6.59. The van der Waals surface area contributed by atoms with Crippen molar-refractivity contribution in [2.45, 2.75) is 13.0 Å². The van der Waals surface area contributed by atoms with Crippen LogP contribution in [0.4, 0.5) is 5.13 Å². The highest BCUT2D eigenvalue weighted by Crippen LogP contribution is 2.44. The highest BCUT2D eigenvalue weighted by Gasteiger charge is 2.48. The molecule has 0 aliphatic carbocycles. The Bertz CT molecular complexity index is 1400. The van der Waals surface area contributed by atoms with Gasteiger partial charge in [0.1, 0.15) is 5.76 Å². The lowest BCUT2D eigenvalue weighted by atomic mass is 9.96. The summed E-state index contributed by atoms with van der Waals surface area (Å²) in [7, 11) is 0. The minimum atomic E-state index is -0.838. The number of aliphatic hydroxyl groups is 1. The highest BCUT2D eigenvalue weighted by atomic mass is 35.5. The molecule has 0 bridgehead atoms. The lowest BCUT2D eigenvalue weighted by molar-refractivity contribution is -0.132. The molecule has 1 amide bonds. The number of anilines is 1. The normalized spacial score (nSPS) is 17.9. The minimum absolute atomic E-state index is 0.000964. The first-order chi connectivity index (χ1) is 15.4. The van der Waals surface area contributed by atoms with Gasteiger partial charge in [-0.1, -0.05) is 29.0 Å². The van der Waals surface area contributed by atoms with Crippen molar-refractivity contribution in [2.75, 3.05) is 4.90 Å². The third kappa shape index (κ3) is 3.36. The first-order valence-corrected chi connectivity index (χ1v) is 11.0. The molecule has 0 radical (unpaired) electrons. The number of carbonyl (C=O) groups excluding carboxylic acids is 2. The van der Waals surface area contributed by atoms with Gasteiger partial charge in [0.05, 0.1) is 21.8 Å². The number of amides is 1. The second-order valence-electron chi connectivity index (χ2n) is 7.42. The van der Waals surface area contributed by atoms with Crippen LogP contribution in [-0.2, 0) is 9.59 Å². The Labute approximate surface area is 192 Å². The maximum atomic E-state index is 13.2. The number of hydrogen-bond donors (Lipinski definition) is 1.